The van der Waals surface area contributed by atoms with Gasteiger partial charge >= 0.3 is 0 Å². The van der Waals surface area contributed by atoms with Gasteiger partial charge in [-0.05, 0) is 51.2 Å². The van der Waals surface area contributed by atoms with Crippen LogP contribution in [0.15, 0.2) is 23.2 Å². The van der Waals surface area contributed by atoms with Crippen LogP contribution in [-0.2, 0) is 0 Å². The van der Waals surface area contributed by atoms with Crippen LogP contribution < -0.4 is 0 Å². The molecule has 0 heterocycles. The van der Waals surface area contributed by atoms with Crippen LogP contribution in [-0.4, -0.2) is 5.71 Å². The zero-order valence-electron chi connectivity index (χ0n) is 9.17. The molecule has 0 unspecified atom stereocenters. The van der Waals surface area contributed by atoms with Gasteiger partial charge < -0.3 is 0 Å². The summed E-state index contributed by atoms with van der Waals surface area (Å²) in [6, 6.07) is 6.45. The van der Waals surface area contributed by atoms with Gasteiger partial charge in [-0.3, -0.25) is 4.99 Å². The molecule has 1 fully saturated rings. The van der Waals surface area contributed by atoms with Gasteiger partial charge in [0.25, 0.3) is 0 Å². The Bertz CT molecular complexity index is 373. The maximum atomic E-state index is 4.68. The van der Waals surface area contributed by atoms with Crippen LogP contribution in [0.3, 0.4) is 0 Å². The minimum absolute atomic E-state index is 0.774. The van der Waals surface area contributed by atoms with E-state index in [1.165, 1.54) is 29.7 Å². The van der Waals surface area contributed by atoms with Gasteiger partial charge in [-0.15, -0.1) is 0 Å². The highest BCUT2D eigenvalue weighted by Gasteiger charge is 2.24. The van der Waals surface area contributed by atoms with Gasteiger partial charge in [-0.25, -0.2) is 0 Å². The van der Waals surface area contributed by atoms with Gasteiger partial charge in [0.15, 0.2) is 0 Å². The van der Waals surface area contributed by atoms with Crippen molar-refractivity contribution < 1.29 is 0 Å². The fourth-order valence-corrected chi connectivity index (χ4v) is 1.71. The van der Waals surface area contributed by atoms with Crippen molar-refractivity contribution >= 4 is 11.4 Å². The Balaban J connectivity index is 2.27. The number of nitrogens with zero attached hydrogens (tertiary/aromatic N) is 1. The number of rotatable bonds is 2. The molecule has 0 N–H and O–H groups in total. The molecule has 1 aromatic carbocycles. The Morgan fingerprint density at radius 3 is 2.57 bits per heavy atom. The molecule has 0 amide bonds. The molecule has 0 aliphatic heterocycles. The quantitative estimate of drug-likeness (QED) is 0.624. The van der Waals surface area contributed by atoms with Crippen LogP contribution >= 0.6 is 0 Å². The number of hydrogen-bond acceptors (Lipinski definition) is 1. The summed E-state index contributed by atoms with van der Waals surface area (Å²) in [4.78, 5) is 4.68. The van der Waals surface area contributed by atoms with E-state index in [1.54, 1.807) is 0 Å². The Hall–Kier alpha value is -1.11. The molecule has 1 aliphatic carbocycles. The molecule has 0 radical (unpaired) electrons. The molecule has 0 atom stereocenters. The molecule has 1 aliphatic rings. The SMILES string of the molecule is CC(=Nc1ccc(C)cc1C)C1CC1. The maximum absolute atomic E-state index is 4.68. The fourth-order valence-electron chi connectivity index (χ4n) is 1.71. The summed E-state index contributed by atoms with van der Waals surface area (Å²) in [5.74, 6) is 0.774. The average Bonchev–Trinajstić information content (AvgIpc) is 2.92. The van der Waals surface area contributed by atoms with Crippen LogP contribution in [0.25, 0.3) is 0 Å². The van der Waals surface area contributed by atoms with E-state index >= 15 is 0 Å². The molecular weight excluding hydrogens is 170 g/mol. The zero-order chi connectivity index (χ0) is 10.1. The summed E-state index contributed by atoms with van der Waals surface area (Å²) in [6.45, 7) is 6.40. The van der Waals surface area contributed by atoms with E-state index < -0.39 is 0 Å². The van der Waals surface area contributed by atoms with Gasteiger partial charge in [-0.1, -0.05) is 17.7 Å². The lowest BCUT2D eigenvalue weighted by molar-refractivity contribution is 1.16. The van der Waals surface area contributed by atoms with Gasteiger partial charge in [0, 0.05) is 5.71 Å². The van der Waals surface area contributed by atoms with E-state index in [0.717, 1.165) is 11.6 Å². The van der Waals surface area contributed by atoms with Crippen molar-refractivity contribution in [3.05, 3.63) is 29.3 Å². The molecule has 1 saturated carbocycles. The molecule has 2 rings (SSSR count). The van der Waals surface area contributed by atoms with Crippen LogP contribution in [0.2, 0.25) is 0 Å². The molecule has 0 saturated heterocycles. The molecular formula is C13H17N. The van der Waals surface area contributed by atoms with E-state index in [9.17, 15) is 0 Å². The van der Waals surface area contributed by atoms with Crippen molar-refractivity contribution in [3.63, 3.8) is 0 Å². The lowest BCUT2D eigenvalue weighted by atomic mass is 10.1. The highest BCUT2D eigenvalue weighted by Crippen LogP contribution is 2.32. The van der Waals surface area contributed by atoms with Gasteiger partial charge in [-0.2, -0.15) is 0 Å². The average molecular weight is 187 g/mol. The van der Waals surface area contributed by atoms with E-state index in [0.29, 0.717) is 0 Å². The number of aliphatic imine (C=N–C) groups is 1. The third-order valence-electron chi connectivity index (χ3n) is 2.82. The van der Waals surface area contributed by atoms with E-state index in [4.69, 9.17) is 0 Å². The number of hydrogen-bond donors (Lipinski definition) is 0. The first-order chi connectivity index (χ1) is 6.66. The van der Waals surface area contributed by atoms with Crippen LogP contribution in [0.1, 0.15) is 30.9 Å². The number of aryl methyl sites for hydroxylation is 2. The largest absolute Gasteiger partial charge is 0.258 e. The molecule has 1 heteroatoms. The Morgan fingerprint density at radius 1 is 1.29 bits per heavy atom. The molecule has 0 spiro atoms. The second kappa shape index (κ2) is 3.56. The highest BCUT2D eigenvalue weighted by molar-refractivity contribution is 5.88. The summed E-state index contributed by atoms with van der Waals surface area (Å²) in [6.07, 6.45) is 2.67. The lowest BCUT2D eigenvalue weighted by Crippen LogP contribution is -1.92. The van der Waals surface area contributed by atoms with Crippen LogP contribution in [0.4, 0.5) is 5.69 Å². The second-order valence-electron chi connectivity index (χ2n) is 4.32. The van der Waals surface area contributed by atoms with Gasteiger partial charge in [0.2, 0.25) is 0 Å². The summed E-state index contributed by atoms with van der Waals surface area (Å²) in [5.41, 5.74) is 5.03. The number of benzene rings is 1. The van der Waals surface area contributed by atoms with E-state index in [-0.39, 0.29) is 0 Å². The summed E-state index contributed by atoms with van der Waals surface area (Å²) < 4.78 is 0. The Morgan fingerprint density at radius 2 is 2.00 bits per heavy atom. The van der Waals surface area contributed by atoms with Crippen molar-refractivity contribution in [1.29, 1.82) is 0 Å². The zero-order valence-corrected chi connectivity index (χ0v) is 9.17. The summed E-state index contributed by atoms with van der Waals surface area (Å²) in [5, 5.41) is 0. The van der Waals surface area contributed by atoms with Crippen molar-refractivity contribution in [3.8, 4) is 0 Å². The first-order valence-electron chi connectivity index (χ1n) is 5.29. The van der Waals surface area contributed by atoms with Crippen molar-refractivity contribution in [2.24, 2.45) is 10.9 Å². The fraction of sp³-hybridized carbons (Fsp3) is 0.462. The minimum atomic E-state index is 0.774. The first-order valence-corrected chi connectivity index (χ1v) is 5.29. The molecule has 1 nitrogen and oxygen atoms in total. The van der Waals surface area contributed by atoms with Crippen LogP contribution in [0.5, 0.6) is 0 Å². The summed E-state index contributed by atoms with van der Waals surface area (Å²) >= 11 is 0. The van der Waals surface area contributed by atoms with Gasteiger partial charge in [0.1, 0.15) is 0 Å². The predicted octanol–water partition coefficient (Wildman–Crippen LogP) is 3.81. The van der Waals surface area contributed by atoms with Crippen LogP contribution in [0, 0.1) is 19.8 Å². The third kappa shape index (κ3) is 2.03. The molecule has 0 bridgehead atoms. The smallest absolute Gasteiger partial charge is 0.0658 e. The monoisotopic (exact) mass is 187 g/mol. The predicted molar refractivity (Wildman–Crippen MR) is 61.4 cm³/mol. The van der Waals surface area contributed by atoms with E-state index in [2.05, 4.69) is 44.0 Å². The topological polar surface area (TPSA) is 12.4 Å². The van der Waals surface area contributed by atoms with Gasteiger partial charge in [0.05, 0.1) is 5.69 Å². The molecule has 1 aromatic rings. The first kappa shape index (κ1) is 9.45. The third-order valence-corrected chi connectivity index (χ3v) is 2.82. The highest BCUT2D eigenvalue weighted by atomic mass is 14.8. The standard InChI is InChI=1S/C13H17N/c1-9-4-7-13(10(2)8-9)14-11(3)12-5-6-12/h4,7-8,12H,5-6H2,1-3H3. The normalized spacial score (nSPS) is 17.2. The minimum Gasteiger partial charge on any atom is -0.258 e. The Kier molecular flexibility index (Phi) is 2.40. The van der Waals surface area contributed by atoms with Crippen molar-refractivity contribution in [1.82, 2.24) is 0 Å². The molecule has 14 heavy (non-hydrogen) atoms. The second-order valence-corrected chi connectivity index (χ2v) is 4.32. The summed E-state index contributed by atoms with van der Waals surface area (Å²) in [7, 11) is 0. The lowest BCUT2D eigenvalue weighted by Gasteiger charge is -2.03. The van der Waals surface area contributed by atoms with E-state index in [1.807, 2.05) is 0 Å². The maximum Gasteiger partial charge on any atom is 0.0658 e. The van der Waals surface area contributed by atoms with Crippen molar-refractivity contribution in [2.45, 2.75) is 33.6 Å². The Labute approximate surface area is 85.9 Å². The molecule has 0 aromatic heterocycles. The molecule has 74 valence electrons. The van der Waals surface area contributed by atoms with Crippen molar-refractivity contribution in [2.75, 3.05) is 0 Å².